The van der Waals surface area contributed by atoms with Gasteiger partial charge in [0.25, 0.3) is 0 Å². The fraction of sp³-hybridized carbons (Fsp3) is 0.925. The van der Waals surface area contributed by atoms with Gasteiger partial charge < -0.3 is 14.2 Å². The minimum atomic E-state index is -0.530. The summed E-state index contributed by atoms with van der Waals surface area (Å²) in [5.74, 6) is -0.386. The molecule has 0 saturated carbocycles. The Hall–Kier alpha value is -1.36. The molecular formula is C53H102O5. The molecule has 0 rings (SSSR count). The first-order valence-corrected chi connectivity index (χ1v) is 26.2. The smallest absolute Gasteiger partial charge is 0.306 e. The van der Waals surface area contributed by atoms with Crippen molar-refractivity contribution in [2.75, 3.05) is 19.8 Å². The van der Waals surface area contributed by atoms with Gasteiger partial charge in [0.2, 0.25) is 0 Å². The van der Waals surface area contributed by atoms with Crippen LogP contribution in [-0.2, 0) is 23.8 Å². The zero-order valence-electron chi connectivity index (χ0n) is 39.6. The summed E-state index contributed by atoms with van der Waals surface area (Å²) in [4.78, 5) is 25.4. The van der Waals surface area contributed by atoms with Crippen molar-refractivity contribution in [1.82, 2.24) is 0 Å². The molecule has 0 aromatic rings. The molecule has 0 aliphatic rings. The second-order valence-corrected chi connectivity index (χ2v) is 17.8. The van der Waals surface area contributed by atoms with Crippen molar-refractivity contribution in [3.05, 3.63) is 12.2 Å². The highest BCUT2D eigenvalue weighted by molar-refractivity contribution is 5.70. The molecule has 0 spiro atoms. The Labute approximate surface area is 363 Å². The summed E-state index contributed by atoms with van der Waals surface area (Å²) in [6.45, 7) is 7.87. The predicted octanol–water partition coefficient (Wildman–Crippen LogP) is 17.5. The van der Waals surface area contributed by atoms with Gasteiger partial charge in [-0.25, -0.2) is 0 Å². The van der Waals surface area contributed by atoms with Crippen LogP contribution >= 0.6 is 0 Å². The molecule has 1 unspecified atom stereocenters. The number of unbranched alkanes of at least 4 members (excludes halogenated alkanes) is 36. The van der Waals surface area contributed by atoms with E-state index in [1.54, 1.807) is 0 Å². The Morgan fingerprint density at radius 2 is 0.672 bits per heavy atom. The molecule has 0 aromatic heterocycles. The Balaban J connectivity index is 4.18. The van der Waals surface area contributed by atoms with Crippen LogP contribution in [0.15, 0.2) is 12.2 Å². The highest BCUT2D eigenvalue weighted by atomic mass is 16.6. The van der Waals surface area contributed by atoms with E-state index >= 15 is 0 Å². The number of rotatable bonds is 49. The van der Waals surface area contributed by atoms with Gasteiger partial charge in [-0.3, -0.25) is 9.59 Å². The first kappa shape index (κ1) is 56.6. The van der Waals surface area contributed by atoms with Crippen LogP contribution in [0.25, 0.3) is 0 Å². The molecule has 0 aliphatic carbocycles. The number of allylic oxidation sites excluding steroid dienone is 2. The van der Waals surface area contributed by atoms with E-state index in [0.717, 1.165) is 44.9 Å². The minimum Gasteiger partial charge on any atom is -0.462 e. The van der Waals surface area contributed by atoms with E-state index in [4.69, 9.17) is 14.2 Å². The highest BCUT2D eigenvalue weighted by Gasteiger charge is 2.17. The molecule has 0 amide bonds. The Kier molecular flexibility index (Phi) is 48.8. The highest BCUT2D eigenvalue weighted by Crippen LogP contribution is 2.16. The maximum atomic E-state index is 12.8. The third-order valence-corrected chi connectivity index (χ3v) is 11.8. The van der Waals surface area contributed by atoms with E-state index in [2.05, 4.69) is 32.9 Å². The first-order valence-electron chi connectivity index (χ1n) is 26.2. The normalized spacial score (nSPS) is 12.1. The first-order chi connectivity index (χ1) is 28.6. The molecule has 58 heavy (non-hydrogen) atoms. The van der Waals surface area contributed by atoms with Crippen molar-refractivity contribution < 1.29 is 23.8 Å². The van der Waals surface area contributed by atoms with E-state index in [9.17, 15) is 9.59 Å². The molecule has 1 atom stereocenters. The molecule has 5 heteroatoms. The molecule has 0 aromatic carbocycles. The zero-order valence-corrected chi connectivity index (χ0v) is 39.6. The summed E-state index contributed by atoms with van der Waals surface area (Å²) in [5.41, 5.74) is 0. The molecule has 0 aliphatic heterocycles. The topological polar surface area (TPSA) is 61.8 Å². The molecule has 0 bridgehead atoms. The summed E-state index contributed by atoms with van der Waals surface area (Å²) in [6, 6.07) is 0. The van der Waals surface area contributed by atoms with E-state index in [-0.39, 0.29) is 18.5 Å². The molecule has 0 fully saturated rings. The SMILES string of the molecule is CCCCCC/C=C\CCCCCCCC(=O)OC(COCCCCCCCCCCCCCC)COC(=O)CCCCCCCCCCCCCCCCCCC. The molecule has 344 valence electrons. The maximum Gasteiger partial charge on any atom is 0.306 e. The zero-order chi connectivity index (χ0) is 42.1. The summed E-state index contributed by atoms with van der Waals surface area (Å²) in [7, 11) is 0. The van der Waals surface area contributed by atoms with Crippen LogP contribution in [0.3, 0.4) is 0 Å². The van der Waals surface area contributed by atoms with Gasteiger partial charge in [-0.2, -0.15) is 0 Å². The van der Waals surface area contributed by atoms with Gasteiger partial charge in [-0.1, -0.05) is 245 Å². The Morgan fingerprint density at radius 1 is 0.362 bits per heavy atom. The van der Waals surface area contributed by atoms with Crippen molar-refractivity contribution in [3.63, 3.8) is 0 Å². The molecule has 0 radical (unpaired) electrons. The van der Waals surface area contributed by atoms with Crippen LogP contribution in [0.4, 0.5) is 0 Å². The number of hydrogen-bond acceptors (Lipinski definition) is 5. The number of ether oxygens (including phenoxy) is 3. The van der Waals surface area contributed by atoms with Crippen LogP contribution in [0.1, 0.15) is 290 Å². The monoisotopic (exact) mass is 819 g/mol. The number of carbonyl (C=O) groups is 2. The lowest BCUT2D eigenvalue weighted by Gasteiger charge is -2.18. The minimum absolute atomic E-state index is 0.0914. The van der Waals surface area contributed by atoms with Crippen molar-refractivity contribution in [1.29, 1.82) is 0 Å². The van der Waals surface area contributed by atoms with Crippen molar-refractivity contribution in [2.45, 2.75) is 297 Å². The molecular weight excluding hydrogens is 717 g/mol. The van der Waals surface area contributed by atoms with Crippen LogP contribution in [0.2, 0.25) is 0 Å². The standard InChI is InChI=1S/C53H102O5/c1-4-7-10-13-16-19-22-25-26-27-28-30-31-34-37-40-43-46-52(54)57-50-51(49-56-48-45-42-39-36-33-24-21-18-15-12-9-6-3)58-53(55)47-44-41-38-35-32-29-23-20-17-14-11-8-5-2/h20,23,51H,4-19,21-22,24-50H2,1-3H3/b23-20-. The van der Waals surface area contributed by atoms with Crippen LogP contribution in [-0.4, -0.2) is 37.9 Å². The van der Waals surface area contributed by atoms with Gasteiger partial charge in [0, 0.05) is 19.4 Å². The summed E-state index contributed by atoms with van der Waals surface area (Å²) >= 11 is 0. The van der Waals surface area contributed by atoms with Gasteiger partial charge in [0.05, 0.1) is 6.61 Å². The van der Waals surface area contributed by atoms with Crippen molar-refractivity contribution in [3.8, 4) is 0 Å². The second-order valence-electron chi connectivity index (χ2n) is 17.8. The quantitative estimate of drug-likeness (QED) is 0.0348. The third kappa shape index (κ3) is 47.3. The summed E-state index contributed by atoms with van der Waals surface area (Å²) in [5, 5.41) is 0. The Morgan fingerprint density at radius 3 is 1.07 bits per heavy atom. The van der Waals surface area contributed by atoms with Gasteiger partial charge in [-0.05, 0) is 44.9 Å². The fourth-order valence-corrected chi connectivity index (χ4v) is 7.86. The second kappa shape index (κ2) is 50.0. The van der Waals surface area contributed by atoms with E-state index in [0.29, 0.717) is 26.1 Å². The van der Waals surface area contributed by atoms with E-state index in [1.165, 1.54) is 212 Å². The van der Waals surface area contributed by atoms with E-state index < -0.39 is 6.10 Å². The van der Waals surface area contributed by atoms with Crippen LogP contribution in [0, 0.1) is 0 Å². The summed E-state index contributed by atoms with van der Waals surface area (Å²) < 4.78 is 17.4. The number of carbonyl (C=O) groups excluding carboxylic acids is 2. The predicted molar refractivity (Wildman–Crippen MR) is 252 cm³/mol. The average Bonchev–Trinajstić information content (AvgIpc) is 3.22. The lowest BCUT2D eigenvalue weighted by molar-refractivity contribution is -0.163. The van der Waals surface area contributed by atoms with Crippen LogP contribution < -0.4 is 0 Å². The van der Waals surface area contributed by atoms with Crippen molar-refractivity contribution in [2.24, 2.45) is 0 Å². The number of hydrogen-bond donors (Lipinski definition) is 0. The van der Waals surface area contributed by atoms with E-state index in [1.807, 2.05) is 0 Å². The lowest BCUT2D eigenvalue weighted by Crippen LogP contribution is -2.30. The van der Waals surface area contributed by atoms with Gasteiger partial charge in [0.1, 0.15) is 6.61 Å². The summed E-state index contributed by atoms with van der Waals surface area (Å²) in [6.07, 6.45) is 56.4. The van der Waals surface area contributed by atoms with Gasteiger partial charge in [0.15, 0.2) is 6.10 Å². The van der Waals surface area contributed by atoms with Gasteiger partial charge in [-0.15, -0.1) is 0 Å². The van der Waals surface area contributed by atoms with Gasteiger partial charge >= 0.3 is 11.9 Å². The lowest BCUT2D eigenvalue weighted by atomic mass is 10.0. The third-order valence-electron chi connectivity index (χ3n) is 11.8. The fourth-order valence-electron chi connectivity index (χ4n) is 7.86. The van der Waals surface area contributed by atoms with Crippen LogP contribution in [0.5, 0.6) is 0 Å². The number of esters is 2. The average molecular weight is 819 g/mol. The maximum absolute atomic E-state index is 12.8. The molecule has 5 nitrogen and oxygen atoms in total. The molecule has 0 heterocycles. The molecule has 0 N–H and O–H groups in total. The van der Waals surface area contributed by atoms with Crippen molar-refractivity contribution >= 4 is 11.9 Å². The largest absolute Gasteiger partial charge is 0.462 e. The Bertz CT molecular complexity index is 840. The molecule has 0 saturated heterocycles.